The van der Waals surface area contributed by atoms with E-state index in [1.807, 2.05) is 32.8 Å². The molecule has 0 saturated carbocycles. The van der Waals surface area contributed by atoms with Gasteiger partial charge in [0.1, 0.15) is 11.5 Å². The number of hydrogen-bond donors (Lipinski definition) is 1. The van der Waals surface area contributed by atoms with Gasteiger partial charge in [0.2, 0.25) is 6.79 Å². The normalized spacial score (nSPS) is 18.9. The molecule has 2 aliphatic rings. The van der Waals surface area contributed by atoms with Crippen molar-refractivity contribution in [3.63, 3.8) is 0 Å². The van der Waals surface area contributed by atoms with E-state index in [4.69, 9.17) is 14.2 Å². The third-order valence-corrected chi connectivity index (χ3v) is 5.76. The molecule has 8 nitrogen and oxygen atoms in total. The Labute approximate surface area is 199 Å². The Morgan fingerprint density at radius 1 is 1.12 bits per heavy atom. The van der Waals surface area contributed by atoms with Gasteiger partial charge in [-0.2, -0.15) is 0 Å². The summed E-state index contributed by atoms with van der Waals surface area (Å²) in [5.74, 6) is 0.270. The summed E-state index contributed by atoms with van der Waals surface area (Å²) in [6.07, 6.45) is 0.695. The molecule has 1 N–H and O–H groups in total. The van der Waals surface area contributed by atoms with Gasteiger partial charge >= 0.3 is 0 Å². The molecule has 0 radical (unpaired) electrons. The molecular weight excluding hydrogens is 436 g/mol. The van der Waals surface area contributed by atoms with Gasteiger partial charge in [-0.05, 0) is 82.9 Å². The highest BCUT2D eigenvalue weighted by molar-refractivity contribution is 6.46. The van der Waals surface area contributed by atoms with Crippen molar-refractivity contribution in [3.8, 4) is 17.2 Å². The van der Waals surface area contributed by atoms with Crippen LogP contribution < -0.4 is 14.2 Å². The van der Waals surface area contributed by atoms with Crippen LogP contribution >= 0.6 is 0 Å². The first-order chi connectivity index (χ1) is 16.3. The molecule has 1 atom stereocenters. The number of fused-ring (bicyclic) bond motifs is 1. The fourth-order valence-corrected chi connectivity index (χ4v) is 4.22. The Kier molecular flexibility index (Phi) is 6.79. The topological polar surface area (TPSA) is 88.5 Å². The molecular formula is C26H30N2O6. The molecule has 0 aliphatic carbocycles. The second-order valence-electron chi connectivity index (χ2n) is 8.95. The molecule has 4 rings (SSSR count). The summed E-state index contributed by atoms with van der Waals surface area (Å²) in [5.41, 5.74) is 1.18. The maximum absolute atomic E-state index is 13.2. The summed E-state index contributed by atoms with van der Waals surface area (Å²) in [6.45, 7) is 5.11. The van der Waals surface area contributed by atoms with Crippen LogP contribution in [0.3, 0.4) is 0 Å². The molecule has 180 valence electrons. The Balaban J connectivity index is 1.75. The molecule has 1 amide bonds. The van der Waals surface area contributed by atoms with Crippen LogP contribution in [0.2, 0.25) is 0 Å². The first kappa shape index (κ1) is 23.6. The molecule has 2 heterocycles. The van der Waals surface area contributed by atoms with Gasteiger partial charge in [-0.25, -0.2) is 0 Å². The number of carbonyl (C=O) groups is 2. The lowest BCUT2D eigenvalue weighted by molar-refractivity contribution is -0.139. The van der Waals surface area contributed by atoms with Gasteiger partial charge in [-0.3, -0.25) is 9.59 Å². The lowest BCUT2D eigenvalue weighted by Gasteiger charge is -2.26. The van der Waals surface area contributed by atoms with E-state index in [0.717, 1.165) is 6.54 Å². The fraction of sp³-hybridized carbons (Fsp3) is 0.385. The molecule has 0 unspecified atom stereocenters. The number of carbonyl (C=O) groups excluding carboxylic acids is 2. The number of ketones is 1. The summed E-state index contributed by atoms with van der Waals surface area (Å²) in [4.78, 5) is 29.8. The minimum Gasteiger partial charge on any atom is -0.507 e. The zero-order chi connectivity index (χ0) is 24.4. The molecule has 34 heavy (non-hydrogen) atoms. The van der Waals surface area contributed by atoms with Crippen LogP contribution in [0.25, 0.3) is 5.76 Å². The summed E-state index contributed by atoms with van der Waals surface area (Å²) in [7, 11) is 3.91. The molecule has 8 heteroatoms. The maximum atomic E-state index is 13.2. The predicted octanol–water partition coefficient (Wildman–Crippen LogP) is 3.58. The van der Waals surface area contributed by atoms with Crippen LogP contribution in [0.4, 0.5) is 0 Å². The molecule has 0 spiro atoms. The summed E-state index contributed by atoms with van der Waals surface area (Å²) in [5, 5.41) is 11.2. The molecule has 0 aromatic heterocycles. The van der Waals surface area contributed by atoms with E-state index in [2.05, 4.69) is 0 Å². The van der Waals surface area contributed by atoms with Crippen molar-refractivity contribution < 1.29 is 28.9 Å². The van der Waals surface area contributed by atoms with Crippen molar-refractivity contribution in [2.24, 2.45) is 0 Å². The second kappa shape index (κ2) is 9.77. The number of ether oxygens (including phenoxy) is 3. The molecule has 1 fully saturated rings. The largest absolute Gasteiger partial charge is 0.507 e. The lowest BCUT2D eigenvalue weighted by atomic mass is 9.95. The SMILES string of the molecule is CC(C)Oc1ccc(/C(O)=C2\C(=O)C(=O)N(CCCN(C)C)[C@@H]2c2ccc3c(c2)OCO3)cc1. The van der Waals surface area contributed by atoms with Gasteiger partial charge in [-0.15, -0.1) is 0 Å². The van der Waals surface area contributed by atoms with Crippen LogP contribution in [0.5, 0.6) is 17.2 Å². The van der Waals surface area contributed by atoms with Crippen molar-refractivity contribution in [2.75, 3.05) is 34.0 Å². The van der Waals surface area contributed by atoms with E-state index in [0.29, 0.717) is 41.3 Å². The van der Waals surface area contributed by atoms with Gasteiger partial charge in [0.15, 0.2) is 11.5 Å². The number of hydrogen-bond acceptors (Lipinski definition) is 7. The highest BCUT2D eigenvalue weighted by atomic mass is 16.7. The third-order valence-electron chi connectivity index (χ3n) is 5.76. The molecule has 0 bridgehead atoms. The average molecular weight is 467 g/mol. The molecule has 2 aliphatic heterocycles. The van der Waals surface area contributed by atoms with Gasteiger partial charge < -0.3 is 29.1 Å². The van der Waals surface area contributed by atoms with E-state index in [1.54, 1.807) is 42.5 Å². The first-order valence-corrected chi connectivity index (χ1v) is 11.4. The van der Waals surface area contributed by atoms with E-state index < -0.39 is 17.7 Å². The number of nitrogens with zero attached hydrogens (tertiary/aromatic N) is 2. The number of aliphatic hydroxyl groups excluding tert-OH is 1. The molecule has 2 aromatic rings. The molecule has 1 saturated heterocycles. The van der Waals surface area contributed by atoms with E-state index in [9.17, 15) is 14.7 Å². The number of benzene rings is 2. The van der Waals surface area contributed by atoms with Crippen molar-refractivity contribution >= 4 is 17.4 Å². The smallest absolute Gasteiger partial charge is 0.295 e. The van der Waals surface area contributed by atoms with E-state index >= 15 is 0 Å². The van der Waals surface area contributed by atoms with Gasteiger partial charge in [0.05, 0.1) is 17.7 Å². The fourth-order valence-electron chi connectivity index (χ4n) is 4.22. The molecule has 2 aromatic carbocycles. The number of amides is 1. The quantitative estimate of drug-likeness (QED) is 0.361. The summed E-state index contributed by atoms with van der Waals surface area (Å²) < 4.78 is 16.6. The number of rotatable bonds is 8. The van der Waals surface area contributed by atoms with Crippen LogP contribution in [0.1, 0.15) is 37.4 Å². The van der Waals surface area contributed by atoms with Gasteiger partial charge in [0.25, 0.3) is 11.7 Å². The van der Waals surface area contributed by atoms with Crippen LogP contribution in [-0.2, 0) is 9.59 Å². The Morgan fingerprint density at radius 3 is 2.50 bits per heavy atom. The van der Waals surface area contributed by atoms with Gasteiger partial charge in [0, 0.05) is 12.1 Å². The highest BCUT2D eigenvalue weighted by Gasteiger charge is 2.46. The van der Waals surface area contributed by atoms with Crippen LogP contribution in [0.15, 0.2) is 48.0 Å². The number of likely N-dealkylation sites (tertiary alicyclic amines) is 1. The predicted molar refractivity (Wildman–Crippen MR) is 127 cm³/mol. The first-order valence-electron chi connectivity index (χ1n) is 11.4. The number of Topliss-reactive ketones (excluding diaryl/α,β-unsaturated/α-hetero) is 1. The van der Waals surface area contributed by atoms with Crippen molar-refractivity contribution in [3.05, 3.63) is 59.2 Å². The van der Waals surface area contributed by atoms with Crippen molar-refractivity contribution in [1.82, 2.24) is 9.80 Å². The Morgan fingerprint density at radius 2 is 1.82 bits per heavy atom. The maximum Gasteiger partial charge on any atom is 0.295 e. The van der Waals surface area contributed by atoms with E-state index in [-0.39, 0.29) is 24.2 Å². The van der Waals surface area contributed by atoms with Crippen LogP contribution in [-0.4, -0.2) is 66.7 Å². The Bertz CT molecular complexity index is 1110. The lowest BCUT2D eigenvalue weighted by Crippen LogP contribution is -2.32. The third kappa shape index (κ3) is 4.72. The minimum atomic E-state index is -0.733. The summed E-state index contributed by atoms with van der Waals surface area (Å²) >= 11 is 0. The highest BCUT2D eigenvalue weighted by Crippen LogP contribution is 2.43. The number of aliphatic hydroxyl groups is 1. The van der Waals surface area contributed by atoms with Crippen molar-refractivity contribution in [2.45, 2.75) is 32.4 Å². The summed E-state index contributed by atoms with van der Waals surface area (Å²) in [6, 6.07) is 11.4. The Hall–Kier alpha value is -3.52. The zero-order valence-corrected chi connectivity index (χ0v) is 19.9. The standard InChI is InChI=1S/C26H30N2O6/c1-16(2)34-19-9-6-17(7-10-19)24(29)22-23(18-8-11-20-21(14-18)33-15-32-20)28(26(31)25(22)30)13-5-12-27(3)4/h6-11,14,16,23,29H,5,12-13,15H2,1-4H3/b24-22+/t23-/m1/s1. The monoisotopic (exact) mass is 466 g/mol. The minimum absolute atomic E-state index is 0.0120. The van der Waals surface area contributed by atoms with Crippen molar-refractivity contribution in [1.29, 1.82) is 0 Å². The van der Waals surface area contributed by atoms with E-state index in [1.165, 1.54) is 4.90 Å². The van der Waals surface area contributed by atoms with Gasteiger partial charge in [-0.1, -0.05) is 6.07 Å². The zero-order valence-electron chi connectivity index (χ0n) is 19.9. The second-order valence-corrected chi connectivity index (χ2v) is 8.95. The van der Waals surface area contributed by atoms with Crippen LogP contribution in [0, 0.1) is 0 Å². The average Bonchev–Trinajstić information content (AvgIpc) is 3.36.